The monoisotopic (exact) mass is 795 g/mol. The molecule has 0 aliphatic carbocycles. The van der Waals surface area contributed by atoms with Gasteiger partial charge in [-0.1, -0.05) is 66.2 Å². The fourth-order valence-corrected chi connectivity index (χ4v) is 7.07. The topological polar surface area (TPSA) is 151 Å². The summed E-state index contributed by atoms with van der Waals surface area (Å²) < 4.78 is 43.0. The number of rotatable bonds is 17. The van der Waals surface area contributed by atoms with Crippen LogP contribution in [0.25, 0.3) is 0 Å². The van der Waals surface area contributed by atoms with Crippen LogP contribution in [-0.4, -0.2) is 80.5 Å². The zero-order valence-corrected chi connectivity index (χ0v) is 32.4. The molecule has 1 spiro atoms. The first-order valence-electron chi connectivity index (χ1n) is 19.3. The molecule has 0 unspecified atom stereocenters. The standard InChI is InChI=1S/C42H51ClFN3O9/c1-2-52-39(49)37(25-31-7-4-3-5-8-31)47-38(48)19-18-34-26-36(54-41(51)46-24-21-30-12-16-33(44)17-13-30)27-42(55-34)22-6-9-35(56-42)28-53-40(50)45-23-20-29-10-14-32(43)15-11-29/h3-5,7-8,10-17,34-37H,2,6,9,18-28H2,1H3,(H,45,50)(H,46,51)(H,47,48)/t34-,35-,36-,37+,42+/m1/s1. The molecule has 3 aromatic carbocycles. The van der Waals surface area contributed by atoms with Crippen LogP contribution in [0.15, 0.2) is 78.9 Å². The average Bonchev–Trinajstić information content (AvgIpc) is 3.18. The second-order valence-electron chi connectivity index (χ2n) is 14.1. The summed E-state index contributed by atoms with van der Waals surface area (Å²) in [6.45, 7) is 2.55. The normalized spacial score (nSPS) is 21.0. The Morgan fingerprint density at radius 3 is 2.21 bits per heavy atom. The Bertz CT molecular complexity index is 1720. The lowest BCUT2D eigenvalue weighted by Gasteiger charge is -2.47. The molecule has 12 nitrogen and oxygen atoms in total. The maximum Gasteiger partial charge on any atom is 0.407 e. The number of esters is 1. The van der Waals surface area contributed by atoms with Gasteiger partial charge in [0.15, 0.2) is 5.79 Å². The van der Waals surface area contributed by atoms with Gasteiger partial charge in [0.05, 0.1) is 18.8 Å². The number of carbonyl (C=O) groups is 4. The molecule has 2 saturated heterocycles. The molecule has 3 aromatic rings. The van der Waals surface area contributed by atoms with Gasteiger partial charge in [-0.25, -0.2) is 18.8 Å². The summed E-state index contributed by atoms with van der Waals surface area (Å²) in [5, 5.41) is 9.00. The Labute approximate surface area is 332 Å². The van der Waals surface area contributed by atoms with Crippen LogP contribution in [0.3, 0.4) is 0 Å². The van der Waals surface area contributed by atoms with Gasteiger partial charge in [-0.3, -0.25) is 4.79 Å². The van der Waals surface area contributed by atoms with Crippen LogP contribution >= 0.6 is 11.6 Å². The van der Waals surface area contributed by atoms with E-state index in [0.29, 0.717) is 50.1 Å². The molecule has 14 heteroatoms. The molecular weight excluding hydrogens is 745 g/mol. The van der Waals surface area contributed by atoms with Crippen LogP contribution < -0.4 is 16.0 Å². The highest BCUT2D eigenvalue weighted by atomic mass is 35.5. The maximum atomic E-state index is 13.3. The van der Waals surface area contributed by atoms with Crippen molar-refractivity contribution in [2.45, 2.75) is 101 Å². The number of benzene rings is 3. The Balaban J connectivity index is 1.17. The quantitative estimate of drug-likeness (QED) is 0.101. The maximum absolute atomic E-state index is 13.3. The number of carbonyl (C=O) groups excluding carboxylic acids is 4. The van der Waals surface area contributed by atoms with Gasteiger partial charge < -0.3 is 39.6 Å². The van der Waals surface area contributed by atoms with E-state index < -0.39 is 48.3 Å². The number of hydrogen-bond acceptors (Lipinski definition) is 9. The molecule has 3 N–H and O–H groups in total. The molecule has 0 bridgehead atoms. The number of hydrogen-bond donors (Lipinski definition) is 3. The molecule has 3 amide bonds. The van der Waals surface area contributed by atoms with Crippen molar-refractivity contribution in [3.63, 3.8) is 0 Å². The van der Waals surface area contributed by atoms with Crippen LogP contribution in [0.5, 0.6) is 0 Å². The molecule has 302 valence electrons. The van der Waals surface area contributed by atoms with Gasteiger partial charge in [0, 0.05) is 50.2 Å². The summed E-state index contributed by atoms with van der Waals surface area (Å²) in [6, 6.07) is 21.9. The molecule has 5 atom stereocenters. The molecule has 2 aliphatic rings. The van der Waals surface area contributed by atoms with Crippen molar-refractivity contribution >= 4 is 35.7 Å². The first-order chi connectivity index (χ1) is 27.1. The van der Waals surface area contributed by atoms with Crippen LogP contribution in [0.1, 0.15) is 68.6 Å². The van der Waals surface area contributed by atoms with Crippen molar-refractivity contribution in [1.82, 2.24) is 16.0 Å². The van der Waals surface area contributed by atoms with Gasteiger partial charge in [0.25, 0.3) is 0 Å². The highest BCUT2D eigenvalue weighted by molar-refractivity contribution is 6.30. The fraction of sp³-hybridized carbons (Fsp3) is 0.476. The molecule has 5 rings (SSSR count). The lowest BCUT2D eigenvalue weighted by atomic mass is 9.90. The van der Waals surface area contributed by atoms with E-state index in [9.17, 15) is 23.6 Å². The Morgan fingerprint density at radius 1 is 0.857 bits per heavy atom. The van der Waals surface area contributed by atoms with Gasteiger partial charge >= 0.3 is 18.2 Å². The van der Waals surface area contributed by atoms with E-state index in [2.05, 4.69) is 16.0 Å². The second kappa shape index (κ2) is 21.5. The molecule has 2 fully saturated rings. The number of halogens is 2. The van der Waals surface area contributed by atoms with Gasteiger partial charge in [-0.05, 0) is 80.0 Å². The Kier molecular flexibility index (Phi) is 16.3. The molecule has 0 radical (unpaired) electrons. The minimum atomic E-state index is -1.14. The van der Waals surface area contributed by atoms with Gasteiger partial charge in [-0.15, -0.1) is 0 Å². The average molecular weight is 796 g/mol. The van der Waals surface area contributed by atoms with E-state index in [-0.39, 0.29) is 57.2 Å². The van der Waals surface area contributed by atoms with Crippen molar-refractivity contribution in [2.75, 3.05) is 26.3 Å². The molecule has 2 heterocycles. The minimum absolute atomic E-state index is 0.00296. The van der Waals surface area contributed by atoms with E-state index in [1.807, 2.05) is 42.5 Å². The van der Waals surface area contributed by atoms with Crippen molar-refractivity contribution in [1.29, 1.82) is 0 Å². The third-order valence-electron chi connectivity index (χ3n) is 9.66. The summed E-state index contributed by atoms with van der Waals surface area (Å²) >= 11 is 5.96. The van der Waals surface area contributed by atoms with E-state index in [1.165, 1.54) is 12.1 Å². The van der Waals surface area contributed by atoms with E-state index in [4.69, 9.17) is 35.3 Å². The van der Waals surface area contributed by atoms with Crippen LogP contribution in [-0.2, 0) is 52.5 Å². The zero-order chi connectivity index (χ0) is 39.8. The van der Waals surface area contributed by atoms with Crippen molar-refractivity contribution in [3.05, 3.63) is 106 Å². The smallest absolute Gasteiger partial charge is 0.407 e. The van der Waals surface area contributed by atoms with E-state index in [1.54, 1.807) is 31.2 Å². The minimum Gasteiger partial charge on any atom is -0.464 e. The number of ether oxygens (including phenoxy) is 5. The molecule has 2 aliphatic heterocycles. The third-order valence-corrected chi connectivity index (χ3v) is 9.91. The summed E-state index contributed by atoms with van der Waals surface area (Å²) in [5.41, 5.74) is 2.77. The van der Waals surface area contributed by atoms with Crippen molar-refractivity contribution < 1.29 is 47.3 Å². The van der Waals surface area contributed by atoms with E-state index in [0.717, 1.165) is 16.7 Å². The molecule has 0 aromatic heterocycles. The first kappa shape index (κ1) is 42.4. The lowest BCUT2D eigenvalue weighted by Crippen LogP contribution is -2.54. The summed E-state index contributed by atoms with van der Waals surface area (Å²) in [7, 11) is 0. The molecular formula is C42H51ClFN3O9. The predicted octanol–water partition coefficient (Wildman–Crippen LogP) is 6.60. The van der Waals surface area contributed by atoms with Crippen LogP contribution in [0.2, 0.25) is 5.02 Å². The largest absolute Gasteiger partial charge is 0.464 e. The predicted molar refractivity (Wildman–Crippen MR) is 206 cm³/mol. The Hall–Kier alpha value is -4.72. The highest BCUT2D eigenvalue weighted by Gasteiger charge is 2.47. The fourth-order valence-electron chi connectivity index (χ4n) is 6.94. The van der Waals surface area contributed by atoms with E-state index >= 15 is 0 Å². The van der Waals surface area contributed by atoms with Gasteiger partial charge in [-0.2, -0.15) is 0 Å². The summed E-state index contributed by atoms with van der Waals surface area (Å²) in [4.78, 5) is 51.5. The molecule has 0 saturated carbocycles. The lowest BCUT2D eigenvalue weighted by molar-refractivity contribution is -0.329. The first-order valence-corrected chi connectivity index (χ1v) is 19.7. The van der Waals surface area contributed by atoms with Crippen molar-refractivity contribution in [2.24, 2.45) is 0 Å². The number of amides is 3. The summed E-state index contributed by atoms with van der Waals surface area (Å²) in [6.07, 6.45) is 1.28. The third kappa shape index (κ3) is 14.1. The van der Waals surface area contributed by atoms with Crippen LogP contribution in [0.4, 0.5) is 14.0 Å². The Morgan fingerprint density at radius 2 is 1.52 bits per heavy atom. The van der Waals surface area contributed by atoms with Crippen LogP contribution in [0, 0.1) is 5.82 Å². The summed E-state index contributed by atoms with van der Waals surface area (Å²) in [5.74, 6) is -2.34. The second-order valence-corrected chi connectivity index (χ2v) is 14.5. The highest BCUT2D eigenvalue weighted by Crippen LogP contribution is 2.41. The number of alkyl carbamates (subject to hydrolysis) is 2. The van der Waals surface area contributed by atoms with Gasteiger partial charge in [0.2, 0.25) is 5.91 Å². The molecule has 56 heavy (non-hydrogen) atoms. The van der Waals surface area contributed by atoms with Crippen molar-refractivity contribution in [3.8, 4) is 0 Å². The number of nitrogens with one attached hydrogen (secondary N) is 3. The van der Waals surface area contributed by atoms with Gasteiger partial charge in [0.1, 0.15) is 24.6 Å². The zero-order valence-electron chi connectivity index (χ0n) is 31.6. The SMILES string of the molecule is CCOC(=O)[C@H](Cc1ccccc1)NC(=O)CC[C@@H]1C[C@@H](OC(=O)NCCc2ccc(F)cc2)C[C@@]2(CCC[C@H](COC(=O)NCCc3ccc(Cl)cc3)O2)O1.